The number of amides is 1. The van der Waals surface area contributed by atoms with Gasteiger partial charge in [-0.05, 0) is 54.4 Å². The fourth-order valence-corrected chi connectivity index (χ4v) is 2.45. The molecule has 0 aliphatic heterocycles. The van der Waals surface area contributed by atoms with Crippen molar-refractivity contribution in [2.24, 2.45) is 0 Å². The van der Waals surface area contributed by atoms with Crippen LogP contribution in [0.2, 0.25) is 0 Å². The summed E-state index contributed by atoms with van der Waals surface area (Å²) in [7, 11) is 0. The minimum absolute atomic E-state index is 0.00453. The third-order valence-corrected chi connectivity index (χ3v) is 3.87. The Balaban J connectivity index is 2.07. The second-order valence-corrected chi connectivity index (χ2v) is 6.37. The Morgan fingerprint density at radius 3 is 2.36 bits per heavy atom. The van der Waals surface area contributed by atoms with E-state index in [-0.39, 0.29) is 22.4 Å². The molecule has 0 saturated carbocycles. The first-order valence-corrected chi connectivity index (χ1v) is 8.16. The number of nitrogens with zero attached hydrogens (tertiary/aromatic N) is 1. The summed E-state index contributed by atoms with van der Waals surface area (Å²) in [5, 5.41) is 16.4. The van der Waals surface area contributed by atoms with E-state index in [9.17, 15) is 14.9 Å². The number of thiocarbonyl (C=S) groups is 1. The average Bonchev–Trinajstić information content (AvgIpc) is 2.56. The smallest absolute Gasteiger partial charge is 0.292 e. The van der Waals surface area contributed by atoms with E-state index in [4.69, 9.17) is 12.2 Å². The number of aryl methyl sites for hydroxylation is 1. The maximum atomic E-state index is 12.2. The van der Waals surface area contributed by atoms with Crippen molar-refractivity contribution in [3.8, 4) is 0 Å². The number of hydrogen-bond donors (Lipinski definition) is 2. The van der Waals surface area contributed by atoms with Crippen molar-refractivity contribution in [3.05, 3.63) is 69.3 Å². The van der Waals surface area contributed by atoms with Crippen LogP contribution < -0.4 is 10.6 Å². The summed E-state index contributed by atoms with van der Waals surface area (Å²) in [4.78, 5) is 22.9. The molecule has 0 saturated heterocycles. The highest BCUT2D eigenvalue weighted by molar-refractivity contribution is 7.80. The van der Waals surface area contributed by atoms with Crippen LogP contribution in [0.1, 0.15) is 41.3 Å². The van der Waals surface area contributed by atoms with E-state index in [1.807, 2.05) is 12.1 Å². The number of benzene rings is 2. The zero-order chi connectivity index (χ0) is 18.6. The van der Waals surface area contributed by atoms with Crippen LogP contribution >= 0.6 is 12.2 Å². The molecule has 0 aromatic heterocycles. The van der Waals surface area contributed by atoms with Gasteiger partial charge in [0.25, 0.3) is 11.6 Å². The van der Waals surface area contributed by atoms with Crippen molar-refractivity contribution in [1.82, 2.24) is 5.32 Å². The van der Waals surface area contributed by atoms with Gasteiger partial charge in [0.1, 0.15) is 5.69 Å². The van der Waals surface area contributed by atoms with Crippen molar-refractivity contribution >= 4 is 34.6 Å². The number of nitro benzene ring substituents is 1. The van der Waals surface area contributed by atoms with E-state index < -0.39 is 4.92 Å². The zero-order valence-electron chi connectivity index (χ0n) is 14.2. The van der Waals surface area contributed by atoms with E-state index >= 15 is 0 Å². The molecule has 2 aromatic rings. The van der Waals surface area contributed by atoms with Gasteiger partial charge in [-0.1, -0.05) is 32.0 Å². The van der Waals surface area contributed by atoms with E-state index in [1.165, 1.54) is 6.07 Å². The molecule has 0 fully saturated rings. The van der Waals surface area contributed by atoms with Crippen molar-refractivity contribution in [2.45, 2.75) is 26.7 Å². The molecule has 1 amide bonds. The lowest BCUT2D eigenvalue weighted by Gasteiger charge is -2.11. The SMILES string of the molecule is Cc1ccc(NC(=S)NC(=O)c2ccc(C(C)C)cc2)c([N+](=O)[O-])c1. The Morgan fingerprint density at radius 1 is 1.16 bits per heavy atom. The van der Waals surface area contributed by atoms with Gasteiger partial charge in [0, 0.05) is 11.6 Å². The maximum Gasteiger partial charge on any atom is 0.292 e. The number of carbonyl (C=O) groups is 1. The van der Waals surface area contributed by atoms with Crippen LogP contribution in [-0.4, -0.2) is 15.9 Å². The van der Waals surface area contributed by atoms with Crippen LogP contribution in [0, 0.1) is 17.0 Å². The fourth-order valence-electron chi connectivity index (χ4n) is 2.25. The molecular formula is C18H19N3O3S. The van der Waals surface area contributed by atoms with Crippen molar-refractivity contribution in [2.75, 3.05) is 5.32 Å². The second-order valence-electron chi connectivity index (χ2n) is 5.96. The molecule has 0 aliphatic rings. The Morgan fingerprint density at radius 2 is 1.80 bits per heavy atom. The number of nitrogens with one attached hydrogen (secondary N) is 2. The first-order chi connectivity index (χ1) is 11.8. The molecule has 0 bridgehead atoms. The van der Waals surface area contributed by atoms with E-state index in [0.717, 1.165) is 11.1 Å². The summed E-state index contributed by atoms with van der Waals surface area (Å²) >= 11 is 5.09. The number of rotatable bonds is 4. The highest BCUT2D eigenvalue weighted by atomic mass is 32.1. The van der Waals surface area contributed by atoms with Gasteiger partial charge in [0.15, 0.2) is 5.11 Å². The summed E-state index contributed by atoms with van der Waals surface area (Å²) in [5.74, 6) is 0.00418. The van der Waals surface area contributed by atoms with Crippen LogP contribution in [0.15, 0.2) is 42.5 Å². The maximum absolute atomic E-state index is 12.2. The first kappa shape index (κ1) is 18.5. The summed E-state index contributed by atoms with van der Waals surface area (Å²) < 4.78 is 0. The summed E-state index contributed by atoms with van der Waals surface area (Å²) in [6.07, 6.45) is 0. The molecule has 2 rings (SSSR count). The van der Waals surface area contributed by atoms with Gasteiger partial charge in [0.05, 0.1) is 4.92 Å². The van der Waals surface area contributed by atoms with Gasteiger partial charge < -0.3 is 5.32 Å². The van der Waals surface area contributed by atoms with Crippen LogP contribution in [0.3, 0.4) is 0 Å². The molecular weight excluding hydrogens is 338 g/mol. The van der Waals surface area contributed by atoms with Crippen LogP contribution in [-0.2, 0) is 0 Å². The molecule has 2 N–H and O–H groups in total. The second kappa shape index (κ2) is 7.85. The normalized spacial score (nSPS) is 10.4. The number of nitro groups is 1. The summed E-state index contributed by atoms with van der Waals surface area (Å²) in [5.41, 5.74) is 2.49. The Bertz CT molecular complexity index is 817. The predicted molar refractivity (Wildman–Crippen MR) is 102 cm³/mol. The van der Waals surface area contributed by atoms with Gasteiger partial charge in [0.2, 0.25) is 0 Å². The van der Waals surface area contributed by atoms with E-state index in [0.29, 0.717) is 11.5 Å². The molecule has 2 aromatic carbocycles. The monoisotopic (exact) mass is 357 g/mol. The van der Waals surface area contributed by atoms with Gasteiger partial charge in [-0.15, -0.1) is 0 Å². The molecule has 0 heterocycles. The van der Waals surface area contributed by atoms with Crippen molar-refractivity contribution < 1.29 is 9.72 Å². The molecule has 0 spiro atoms. The summed E-state index contributed by atoms with van der Waals surface area (Å²) in [6.45, 7) is 5.91. The highest BCUT2D eigenvalue weighted by Crippen LogP contribution is 2.25. The molecule has 6 nitrogen and oxygen atoms in total. The number of carbonyl (C=O) groups excluding carboxylic acids is 1. The summed E-state index contributed by atoms with van der Waals surface area (Å²) in [6, 6.07) is 12.0. The quantitative estimate of drug-likeness (QED) is 0.488. The lowest BCUT2D eigenvalue weighted by Crippen LogP contribution is -2.34. The lowest BCUT2D eigenvalue weighted by atomic mass is 10.0. The van der Waals surface area contributed by atoms with Gasteiger partial charge >= 0.3 is 0 Å². The third kappa shape index (κ3) is 4.84. The van der Waals surface area contributed by atoms with Crippen LogP contribution in [0.5, 0.6) is 0 Å². The van der Waals surface area contributed by atoms with Crippen LogP contribution in [0.4, 0.5) is 11.4 Å². The molecule has 0 radical (unpaired) electrons. The minimum atomic E-state index is -0.496. The Labute approximate surface area is 151 Å². The number of hydrogen-bond acceptors (Lipinski definition) is 4. The molecule has 7 heteroatoms. The van der Waals surface area contributed by atoms with Crippen molar-refractivity contribution in [3.63, 3.8) is 0 Å². The lowest BCUT2D eigenvalue weighted by molar-refractivity contribution is -0.383. The standard InChI is InChI=1S/C18H19N3O3S/c1-11(2)13-5-7-14(8-6-13)17(22)20-18(25)19-15-9-4-12(3)10-16(15)21(23)24/h4-11H,1-3H3,(H2,19,20,22,25). The average molecular weight is 357 g/mol. The largest absolute Gasteiger partial charge is 0.327 e. The minimum Gasteiger partial charge on any atom is -0.327 e. The predicted octanol–water partition coefficient (Wildman–Crippen LogP) is 4.15. The molecule has 25 heavy (non-hydrogen) atoms. The van der Waals surface area contributed by atoms with Crippen molar-refractivity contribution in [1.29, 1.82) is 0 Å². The first-order valence-electron chi connectivity index (χ1n) is 7.75. The molecule has 0 atom stereocenters. The van der Waals surface area contributed by atoms with Gasteiger partial charge in [-0.2, -0.15) is 0 Å². The number of anilines is 1. The molecule has 0 unspecified atom stereocenters. The topological polar surface area (TPSA) is 84.3 Å². The van der Waals surface area contributed by atoms with E-state index in [1.54, 1.807) is 31.2 Å². The Kier molecular flexibility index (Phi) is 5.82. The Hall–Kier alpha value is -2.80. The fraction of sp³-hybridized carbons (Fsp3) is 0.222. The zero-order valence-corrected chi connectivity index (χ0v) is 15.0. The third-order valence-electron chi connectivity index (χ3n) is 3.66. The highest BCUT2D eigenvalue weighted by Gasteiger charge is 2.16. The molecule has 0 aliphatic carbocycles. The molecule has 130 valence electrons. The van der Waals surface area contributed by atoms with Gasteiger partial charge in [-0.25, -0.2) is 0 Å². The van der Waals surface area contributed by atoms with E-state index in [2.05, 4.69) is 24.5 Å². The van der Waals surface area contributed by atoms with Gasteiger partial charge in [-0.3, -0.25) is 20.2 Å². The van der Waals surface area contributed by atoms with Crippen LogP contribution in [0.25, 0.3) is 0 Å².